The molecule has 0 radical (unpaired) electrons. The Morgan fingerprint density at radius 2 is 1.83 bits per heavy atom. The largest absolute Gasteiger partial charge is 0.469 e. The van der Waals surface area contributed by atoms with Crippen molar-refractivity contribution in [3.8, 4) is 0 Å². The lowest BCUT2D eigenvalue weighted by Crippen LogP contribution is -2.02. The van der Waals surface area contributed by atoms with E-state index in [1.54, 1.807) is 24.3 Å². The minimum atomic E-state index is -0.310. The highest BCUT2D eigenvalue weighted by atomic mass is 35.5. The maximum absolute atomic E-state index is 12.1. The van der Waals surface area contributed by atoms with E-state index in [1.165, 1.54) is 29.8 Å². The van der Waals surface area contributed by atoms with Crippen LogP contribution in [0.5, 0.6) is 0 Å². The first kappa shape index (κ1) is 13.3. The fraction of sp³-hybridized carbons (Fsp3) is 0.167. The lowest BCUT2D eigenvalue weighted by Gasteiger charge is -1.95. The van der Waals surface area contributed by atoms with Gasteiger partial charge in [-0.25, -0.2) is 0 Å². The number of esters is 1. The van der Waals surface area contributed by atoms with Gasteiger partial charge in [0, 0.05) is 4.88 Å². The van der Waals surface area contributed by atoms with Gasteiger partial charge in [0.15, 0.2) is 0 Å². The normalized spacial score (nSPS) is 10.3. The van der Waals surface area contributed by atoms with Crippen molar-refractivity contribution in [2.45, 2.75) is 6.42 Å². The van der Waals surface area contributed by atoms with Crippen LogP contribution in [-0.4, -0.2) is 18.9 Å². The molecule has 0 saturated heterocycles. The van der Waals surface area contributed by atoms with Crippen LogP contribution in [0, 0.1) is 0 Å². The predicted molar refractivity (Wildman–Crippen MR) is 72.8 cm³/mol. The Morgan fingerprint density at radius 1 is 1.17 bits per heavy atom. The monoisotopic (exact) mass is 300 g/mol. The molecule has 0 aromatic carbocycles. The van der Waals surface area contributed by atoms with Crippen molar-refractivity contribution in [2.24, 2.45) is 0 Å². The van der Waals surface area contributed by atoms with Gasteiger partial charge in [-0.2, -0.15) is 0 Å². The zero-order chi connectivity index (χ0) is 13.1. The van der Waals surface area contributed by atoms with E-state index in [0.29, 0.717) is 14.1 Å². The van der Waals surface area contributed by atoms with Crippen molar-refractivity contribution in [3.63, 3.8) is 0 Å². The second kappa shape index (κ2) is 5.65. The lowest BCUT2D eigenvalue weighted by atomic mass is 10.2. The Hall–Kier alpha value is -1.17. The summed E-state index contributed by atoms with van der Waals surface area (Å²) in [5, 5.41) is 0. The van der Waals surface area contributed by atoms with Crippen LogP contribution in [0.1, 0.15) is 19.4 Å². The predicted octanol–water partition coefficient (Wildman–Crippen LogP) is 3.41. The van der Waals surface area contributed by atoms with E-state index in [0.717, 1.165) is 4.88 Å². The highest BCUT2D eigenvalue weighted by Gasteiger charge is 2.15. The number of hydrogen-bond donors (Lipinski definition) is 0. The van der Waals surface area contributed by atoms with E-state index in [4.69, 9.17) is 11.6 Å². The molecular weight excluding hydrogens is 292 g/mol. The van der Waals surface area contributed by atoms with E-state index < -0.39 is 0 Å². The zero-order valence-electron chi connectivity index (χ0n) is 9.44. The molecule has 0 fully saturated rings. The summed E-state index contributed by atoms with van der Waals surface area (Å²) >= 11 is 8.34. The topological polar surface area (TPSA) is 43.4 Å². The second-order valence-corrected chi connectivity index (χ2v) is 6.34. The summed E-state index contributed by atoms with van der Waals surface area (Å²) in [6.45, 7) is 0. The maximum Gasteiger partial charge on any atom is 0.310 e. The molecule has 0 bridgehead atoms. The molecule has 2 heterocycles. The summed E-state index contributed by atoms with van der Waals surface area (Å²) in [5.74, 6) is -0.372. The summed E-state index contributed by atoms with van der Waals surface area (Å²) in [6, 6.07) is 6.89. The molecule has 0 atom stereocenters. The Morgan fingerprint density at radius 3 is 2.44 bits per heavy atom. The number of methoxy groups -OCH3 is 1. The summed E-state index contributed by atoms with van der Waals surface area (Å²) in [5.41, 5.74) is 0. The quantitative estimate of drug-likeness (QED) is 0.642. The maximum atomic E-state index is 12.1. The smallest absolute Gasteiger partial charge is 0.310 e. The molecule has 18 heavy (non-hydrogen) atoms. The van der Waals surface area contributed by atoms with E-state index in [9.17, 15) is 9.59 Å². The third-order valence-electron chi connectivity index (χ3n) is 2.23. The van der Waals surface area contributed by atoms with Gasteiger partial charge in [-0.3, -0.25) is 9.59 Å². The van der Waals surface area contributed by atoms with E-state index in [2.05, 4.69) is 4.74 Å². The van der Waals surface area contributed by atoms with Gasteiger partial charge >= 0.3 is 5.97 Å². The highest BCUT2D eigenvalue weighted by Crippen LogP contribution is 2.27. The van der Waals surface area contributed by atoms with Gasteiger partial charge in [0.1, 0.15) is 0 Å². The van der Waals surface area contributed by atoms with Gasteiger partial charge in [-0.15, -0.1) is 22.7 Å². The molecule has 6 heteroatoms. The minimum Gasteiger partial charge on any atom is -0.469 e. The average molecular weight is 301 g/mol. The van der Waals surface area contributed by atoms with Gasteiger partial charge < -0.3 is 4.74 Å². The van der Waals surface area contributed by atoms with Gasteiger partial charge in [0.2, 0.25) is 5.78 Å². The summed E-state index contributed by atoms with van der Waals surface area (Å²) in [6.07, 6.45) is 0.194. The SMILES string of the molecule is COC(=O)Cc1ccc(C(=O)c2ccc(Cl)s2)s1. The molecule has 2 aromatic heterocycles. The number of carbonyl (C=O) groups is 2. The Labute approximate surface area is 117 Å². The van der Waals surface area contributed by atoms with Crippen LogP contribution in [0.25, 0.3) is 0 Å². The third kappa shape index (κ3) is 2.98. The molecule has 0 N–H and O–H groups in total. The van der Waals surface area contributed by atoms with Gasteiger partial charge in [-0.1, -0.05) is 11.6 Å². The van der Waals surface area contributed by atoms with Crippen LogP contribution in [0.15, 0.2) is 24.3 Å². The first-order chi connectivity index (χ1) is 8.60. The van der Waals surface area contributed by atoms with E-state index in [-0.39, 0.29) is 18.2 Å². The van der Waals surface area contributed by atoms with Crippen molar-refractivity contribution in [2.75, 3.05) is 7.11 Å². The molecule has 0 saturated carbocycles. The van der Waals surface area contributed by atoms with Crippen LogP contribution in [0.2, 0.25) is 4.34 Å². The van der Waals surface area contributed by atoms with E-state index >= 15 is 0 Å². The molecule has 3 nitrogen and oxygen atoms in total. The molecule has 2 aromatic rings. The first-order valence-corrected chi connectivity index (χ1v) is 7.07. The number of hydrogen-bond acceptors (Lipinski definition) is 5. The highest BCUT2D eigenvalue weighted by molar-refractivity contribution is 7.20. The molecule has 0 aliphatic heterocycles. The number of rotatable bonds is 4. The number of carbonyl (C=O) groups excluding carboxylic acids is 2. The molecule has 0 spiro atoms. The van der Waals surface area contributed by atoms with Crippen LogP contribution < -0.4 is 0 Å². The second-order valence-electron chi connectivity index (χ2n) is 3.45. The zero-order valence-corrected chi connectivity index (χ0v) is 11.8. The fourth-order valence-corrected chi connectivity index (χ4v) is 3.38. The van der Waals surface area contributed by atoms with Crippen molar-refractivity contribution in [1.29, 1.82) is 0 Å². The standard InChI is InChI=1S/C12H9ClO3S2/c1-16-11(14)6-7-2-3-8(17-7)12(15)9-4-5-10(13)18-9/h2-5H,6H2,1H3. The van der Waals surface area contributed by atoms with Gasteiger partial charge in [0.25, 0.3) is 0 Å². The first-order valence-electron chi connectivity index (χ1n) is 5.05. The molecule has 0 aliphatic rings. The molecule has 0 aliphatic carbocycles. The summed E-state index contributed by atoms with van der Waals surface area (Å²) in [4.78, 5) is 25.2. The van der Waals surface area contributed by atoms with Crippen LogP contribution in [-0.2, 0) is 16.0 Å². The molecular formula is C12H9ClO3S2. The number of halogens is 1. The number of ketones is 1. The third-order valence-corrected chi connectivity index (χ3v) is 4.54. The lowest BCUT2D eigenvalue weighted by molar-refractivity contribution is -0.139. The van der Waals surface area contributed by atoms with Crippen molar-refractivity contribution < 1.29 is 14.3 Å². The van der Waals surface area contributed by atoms with Gasteiger partial charge in [0.05, 0.1) is 27.6 Å². The van der Waals surface area contributed by atoms with Crippen LogP contribution in [0.3, 0.4) is 0 Å². The minimum absolute atomic E-state index is 0.0620. The molecule has 0 unspecified atom stereocenters. The van der Waals surface area contributed by atoms with Crippen molar-refractivity contribution in [1.82, 2.24) is 0 Å². The molecule has 94 valence electrons. The fourth-order valence-electron chi connectivity index (χ4n) is 1.37. The van der Waals surface area contributed by atoms with Crippen LogP contribution >= 0.6 is 34.3 Å². The Kier molecular flexibility index (Phi) is 4.16. The van der Waals surface area contributed by atoms with E-state index in [1.807, 2.05) is 0 Å². The number of ether oxygens (including phenoxy) is 1. The van der Waals surface area contributed by atoms with Crippen LogP contribution in [0.4, 0.5) is 0 Å². The van der Waals surface area contributed by atoms with Crippen molar-refractivity contribution >= 4 is 46.0 Å². The summed E-state index contributed by atoms with van der Waals surface area (Å²) < 4.78 is 5.17. The average Bonchev–Trinajstić information content (AvgIpc) is 2.97. The number of thiophene rings is 2. The van der Waals surface area contributed by atoms with Crippen molar-refractivity contribution in [3.05, 3.63) is 43.2 Å². The molecule has 0 amide bonds. The molecule has 2 rings (SSSR count). The summed E-state index contributed by atoms with van der Waals surface area (Å²) in [7, 11) is 1.34. The van der Waals surface area contributed by atoms with Gasteiger partial charge in [-0.05, 0) is 24.3 Å². The Balaban J connectivity index is 2.15. The Bertz CT molecular complexity index is 586.